The Morgan fingerprint density at radius 3 is 1.61 bits per heavy atom. The van der Waals surface area contributed by atoms with Crippen LogP contribution in [-0.4, -0.2) is 19.6 Å². The van der Waals surface area contributed by atoms with E-state index in [1.807, 2.05) is 67.7 Å². The van der Waals surface area contributed by atoms with Crippen LogP contribution in [0.1, 0.15) is 36.4 Å². The van der Waals surface area contributed by atoms with Crippen molar-refractivity contribution in [1.82, 2.24) is 19.6 Å². The first-order valence-corrected chi connectivity index (χ1v) is 15.8. The minimum atomic E-state index is -4.59. The predicted octanol–water partition coefficient (Wildman–Crippen LogP) is 10.4. The summed E-state index contributed by atoms with van der Waals surface area (Å²) in [5.74, 6) is 0. The van der Waals surface area contributed by atoms with Crippen molar-refractivity contribution in [2.24, 2.45) is 0 Å². The molecule has 8 rings (SSSR count). The van der Waals surface area contributed by atoms with Crippen LogP contribution in [-0.2, 0) is 11.6 Å². The third-order valence-corrected chi connectivity index (χ3v) is 10.7. The van der Waals surface area contributed by atoms with Gasteiger partial charge in [-0.1, -0.05) is 36.4 Å². The largest absolute Gasteiger partial charge is 0.419 e. The average Bonchev–Trinajstić information content (AvgIpc) is 3.78. The number of fused-ring (bicyclic) bond motifs is 6. The molecule has 4 aromatic heterocycles. The lowest BCUT2D eigenvalue weighted by Crippen LogP contribution is -2.25. The number of alkyl halides is 3. The van der Waals surface area contributed by atoms with E-state index < -0.39 is 17.2 Å². The summed E-state index contributed by atoms with van der Waals surface area (Å²) in [4.78, 5) is 0. The molecule has 0 aliphatic carbocycles. The molecule has 44 heavy (non-hydrogen) atoms. The highest BCUT2D eigenvalue weighted by atomic mass is 32.1. The van der Waals surface area contributed by atoms with Gasteiger partial charge >= 0.3 is 6.18 Å². The van der Waals surface area contributed by atoms with Crippen molar-refractivity contribution in [3.05, 3.63) is 120 Å². The second-order valence-corrected chi connectivity index (χ2v) is 13.8. The van der Waals surface area contributed by atoms with Crippen LogP contribution in [0.5, 0.6) is 0 Å². The summed E-state index contributed by atoms with van der Waals surface area (Å²) in [6.45, 7) is 5.42. The molecule has 0 radical (unpaired) electrons. The van der Waals surface area contributed by atoms with Gasteiger partial charge in [0.2, 0.25) is 0 Å². The van der Waals surface area contributed by atoms with Crippen molar-refractivity contribution in [3.63, 3.8) is 0 Å². The van der Waals surface area contributed by atoms with Gasteiger partial charge in [0, 0.05) is 52.7 Å². The van der Waals surface area contributed by atoms with Gasteiger partial charge in [0.15, 0.2) is 0 Å². The molecule has 0 bridgehead atoms. The SMILES string of the molecule is Cc1cn(-c2ccc3sc4ccccc4c3c2)nc1C(C)(C)c1nn(-c2ccc3sc4ccccc4c3c2)cc1C(F)(F)F. The normalized spacial score (nSPS) is 12.8. The van der Waals surface area contributed by atoms with Crippen LogP contribution in [0.15, 0.2) is 97.3 Å². The molecule has 0 saturated carbocycles. The second-order valence-electron chi connectivity index (χ2n) is 11.6. The van der Waals surface area contributed by atoms with Gasteiger partial charge in [0.25, 0.3) is 0 Å². The first-order chi connectivity index (χ1) is 21.1. The van der Waals surface area contributed by atoms with E-state index in [1.165, 1.54) is 19.5 Å². The number of rotatable bonds is 4. The van der Waals surface area contributed by atoms with Crippen LogP contribution in [0, 0.1) is 6.92 Å². The topological polar surface area (TPSA) is 35.6 Å². The maximum Gasteiger partial charge on any atom is 0.419 e. The predicted molar refractivity (Wildman–Crippen MR) is 175 cm³/mol. The molecule has 8 aromatic rings. The van der Waals surface area contributed by atoms with Gasteiger partial charge in [0.05, 0.1) is 33.7 Å². The van der Waals surface area contributed by atoms with Crippen molar-refractivity contribution in [1.29, 1.82) is 0 Å². The number of aryl methyl sites for hydroxylation is 1. The highest BCUT2D eigenvalue weighted by Gasteiger charge is 2.43. The maximum atomic E-state index is 14.6. The first-order valence-electron chi connectivity index (χ1n) is 14.2. The third-order valence-electron chi connectivity index (χ3n) is 8.35. The van der Waals surface area contributed by atoms with E-state index in [4.69, 9.17) is 5.10 Å². The Morgan fingerprint density at radius 2 is 1.07 bits per heavy atom. The fourth-order valence-corrected chi connectivity index (χ4v) is 8.38. The molecule has 0 amide bonds. The summed E-state index contributed by atoms with van der Waals surface area (Å²) in [7, 11) is 0. The van der Waals surface area contributed by atoms with E-state index >= 15 is 0 Å². The zero-order valence-electron chi connectivity index (χ0n) is 24.0. The summed E-state index contributed by atoms with van der Waals surface area (Å²) in [5.41, 5.74) is 0.799. The molecule has 0 atom stereocenters. The minimum Gasteiger partial charge on any atom is -0.240 e. The van der Waals surface area contributed by atoms with Crippen LogP contribution < -0.4 is 0 Å². The number of hydrogen-bond donors (Lipinski definition) is 0. The first kappa shape index (κ1) is 27.1. The molecular weight excluding hydrogens is 598 g/mol. The van der Waals surface area contributed by atoms with Crippen molar-refractivity contribution in [2.75, 3.05) is 0 Å². The van der Waals surface area contributed by atoms with E-state index in [-0.39, 0.29) is 5.69 Å². The van der Waals surface area contributed by atoms with Crippen LogP contribution in [0.3, 0.4) is 0 Å². The molecule has 218 valence electrons. The van der Waals surface area contributed by atoms with Crippen molar-refractivity contribution >= 4 is 63.0 Å². The van der Waals surface area contributed by atoms with E-state index in [9.17, 15) is 13.2 Å². The lowest BCUT2D eigenvalue weighted by Gasteiger charge is -2.23. The molecular formula is C35H25F3N4S2. The lowest BCUT2D eigenvalue weighted by molar-refractivity contribution is -0.138. The van der Waals surface area contributed by atoms with Crippen molar-refractivity contribution < 1.29 is 13.2 Å². The van der Waals surface area contributed by atoms with Crippen molar-refractivity contribution in [3.8, 4) is 11.4 Å². The summed E-state index contributed by atoms with van der Waals surface area (Å²) in [6.07, 6.45) is -1.60. The number of aromatic nitrogens is 4. The van der Waals surface area contributed by atoms with Gasteiger partial charge in [-0.15, -0.1) is 22.7 Å². The van der Waals surface area contributed by atoms with Crippen LogP contribution >= 0.6 is 22.7 Å². The number of halogens is 3. The maximum absolute atomic E-state index is 14.6. The molecule has 0 aliphatic heterocycles. The van der Waals surface area contributed by atoms with E-state index in [0.29, 0.717) is 11.4 Å². The van der Waals surface area contributed by atoms with Gasteiger partial charge in [-0.2, -0.15) is 23.4 Å². The molecule has 0 fully saturated rings. The molecule has 0 saturated heterocycles. The highest BCUT2D eigenvalue weighted by Crippen LogP contribution is 2.42. The summed E-state index contributed by atoms with van der Waals surface area (Å²) in [5, 5.41) is 13.9. The smallest absolute Gasteiger partial charge is 0.240 e. The number of nitrogens with zero attached hydrogens (tertiary/aromatic N) is 4. The minimum absolute atomic E-state index is 0.0621. The van der Waals surface area contributed by atoms with Gasteiger partial charge in [-0.25, -0.2) is 9.36 Å². The van der Waals surface area contributed by atoms with Crippen LogP contribution in [0.2, 0.25) is 0 Å². The second kappa shape index (κ2) is 9.51. The Balaban J connectivity index is 1.23. The van der Waals surface area contributed by atoms with Crippen LogP contribution in [0.4, 0.5) is 13.2 Å². The van der Waals surface area contributed by atoms with Crippen molar-refractivity contribution in [2.45, 2.75) is 32.4 Å². The molecule has 4 heterocycles. The Labute approximate surface area is 258 Å². The van der Waals surface area contributed by atoms with E-state index in [1.54, 1.807) is 41.2 Å². The van der Waals surface area contributed by atoms with Gasteiger partial charge in [-0.3, -0.25) is 0 Å². The summed E-state index contributed by atoms with van der Waals surface area (Å²) >= 11 is 3.40. The molecule has 0 unspecified atom stereocenters. The standard InChI is InChI=1S/C35H25F3N4S2/c1-20-18-41(21-12-14-30-25(16-21)23-8-4-6-10-28(23)43-30)39-32(20)34(2,3)33-27(35(36,37)38)19-42(40-33)22-13-15-31-26(17-22)24-9-5-7-11-29(24)44-31/h4-19H,1-3H3. The quantitative estimate of drug-likeness (QED) is 0.196. The summed E-state index contributed by atoms with van der Waals surface area (Å²) < 4.78 is 51.4. The Bertz CT molecular complexity index is 2390. The highest BCUT2D eigenvalue weighted by molar-refractivity contribution is 7.26. The van der Waals surface area contributed by atoms with Gasteiger partial charge in [-0.05, 0) is 74.9 Å². The summed E-state index contributed by atoms with van der Waals surface area (Å²) in [6, 6.07) is 28.2. The Morgan fingerprint density at radius 1 is 0.591 bits per heavy atom. The monoisotopic (exact) mass is 622 g/mol. The number of benzene rings is 4. The molecule has 0 aliphatic rings. The van der Waals surface area contributed by atoms with E-state index in [0.717, 1.165) is 43.0 Å². The van der Waals surface area contributed by atoms with Crippen LogP contribution in [0.25, 0.3) is 51.7 Å². The zero-order valence-corrected chi connectivity index (χ0v) is 25.6. The number of thiophene rings is 2. The third kappa shape index (κ3) is 4.17. The molecule has 0 spiro atoms. The zero-order chi connectivity index (χ0) is 30.4. The van der Waals surface area contributed by atoms with Gasteiger partial charge < -0.3 is 0 Å². The fourth-order valence-electron chi connectivity index (χ4n) is 6.21. The van der Waals surface area contributed by atoms with E-state index in [2.05, 4.69) is 35.4 Å². The fraction of sp³-hybridized carbons (Fsp3) is 0.143. The molecule has 9 heteroatoms. The molecule has 0 N–H and O–H groups in total. The Hall–Kier alpha value is -4.47. The molecule has 4 aromatic carbocycles. The van der Waals surface area contributed by atoms with Gasteiger partial charge in [0.1, 0.15) is 0 Å². The number of hydrogen-bond acceptors (Lipinski definition) is 4. The lowest BCUT2D eigenvalue weighted by atomic mass is 9.82. The molecule has 4 nitrogen and oxygen atoms in total. The average molecular weight is 623 g/mol. The Kier molecular flexibility index (Phi) is 5.86.